The number of rotatable bonds is 3. The summed E-state index contributed by atoms with van der Waals surface area (Å²) in [7, 11) is -3.60. The first kappa shape index (κ1) is 16.9. The molecule has 128 valence electrons. The van der Waals surface area contributed by atoms with Gasteiger partial charge in [0.15, 0.2) is 0 Å². The molecule has 1 atom stereocenters. The molecule has 1 amide bonds. The van der Waals surface area contributed by atoms with Gasteiger partial charge >= 0.3 is 0 Å². The zero-order valence-electron chi connectivity index (χ0n) is 13.2. The van der Waals surface area contributed by atoms with Gasteiger partial charge in [0, 0.05) is 19.6 Å². The molecular formula is C15H22N2O4S2. The van der Waals surface area contributed by atoms with E-state index < -0.39 is 16.1 Å². The van der Waals surface area contributed by atoms with Gasteiger partial charge in [-0.3, -0.25) is 4.79 Å². The zero-order valence-corrected chi connectivity index (χ0v) is 14.9. The summed E-state index contributed by atoms with van der Waals surface area (Å²) in [4.78, 5) is 14.6. The van der Waals surface area contributed by atoms with Crippen LogP contribution in [-0.2, 0) is 19.6 Å². The zero-order chi connectivity index (χ0) is 16.4. The smallest absolute Gasteiger partial charge is 0.253 e. The van der Waals surface area contributed by atoms with Crippen molar-refractivity contribution in [2.24, 2.45) is 0 Å². The van der Waals surface area contributed by atoms with Crippen molar-refractivity contribution in [1.29, 1.82) is 0 Å². The number of hydrogen-bond donors (Lipinski definition) is 0. The van der Waals surface area contributed by atoms with Gasteiger partial charge in [0.1, 0.15) is 10.3 Å². The van der Waals surface area contributed by atoms with E-state index in [9.17, 15) is 13.2 Å². The lowest BCUT2D eigenvalue weighted by Gasteiger charge is -2.37. The maximum absolute atomic E-state index is 12.9. The number of piperidine rings is 1. The summed E-state index contributed by atoms with van der Waals surface area (Å²) in [5, 5.41) is 1.83. The van der Waals surface area contributed by atoms with E-state index in [-0.39, 0.29) is 5.91 Å². The Hall–Kier alpha value is -0.960. The number of carbonyl (C=O) groups excluding carboxylic acids is 1. The minimum absolute atomic E-state index is 0.0788. The van der Waals surface area contributed by atoms with Crippen molar-refractivity contribution in [2.45, 2.75) is 36.4 Å². The number of carbonyl (C=O) groups is 1. The molecule has 0 N–H and O–H groups in total. The molecular weight excluding hydrogens is 336 g/mol. The maximum Gasteiger partial charge on any atom is 0.253 e. The molecule has 0 aliphatic carbocycles. The van der Waals surface area contributed by atoms with Crippen molar-refractivity contribution in [3.63, 3.8) is 0 Å². The number of morpholine rings is 1. The lowest BCUT2D eigenvalue weighted by Crippen LogP contribution is -2.54. The molecule has 0 saturated carbocycles. The molecule has 0 aromatic carbocycles. The van der Waals surface area contributed by atoms with Gasteiger partial charge in [-0.25, -0.2) is 8.42 Å². The molecule has 8 heteroatoms. The number of thiophene rings is 1. The summed E-state index contributed by atoms with van der Waals surface area (Å²) in [5.74, 6) is -0.0788. The molecule has 2 fully saturated rings. The summed E-state index contributed by atoms with van der Waals surface area (Å²) >= 11 is 1.22. The Morgan fingerprint density at radius 3 is 2.65 bits per heavy atom. The van der Waals surface area contributed by atoms with E-state index in [2.05, 4.69) is 0 Å². The van der Waals surface area contributed by atoms with Crippen molar-refractivity contribution >= 4 is 27.3 Å². The predicted molar refractivity (Wildman–Crippen MR) is 88.0 cm³/mol. The van der Waals surface area contributed by atoms with E-state index in [0.717, 1.165) is 18.4 Å². The highest BCUT2D eigenvalue weighted by Crippen LogP contribution is 2.30. The second-order valence-corrected chi connectivity index (χ2v) is 9.04. The summed E-state index contributed by atoms with van der Waals surface area (Å²) in [6, 6.07) is 1.11. The highest BCUT2D eigenvalue weighted by Gasteiger charge is 2.40. The van der Waals surface area contributed by atoms with Crippen LogP contribution in [0.2, 0.25) is 0 Å². The largest absolute Gasteiger partial charge is 0.378 e. The number of aryl methyl sites for hydroxylation is 1. The summed E-state index contributed by atoms with van der Waals surface area (Å²) in [6.45, 7) is 4.43. The van der Waals surface area contributed by atoms with E-state index in [1.54, 1.807) is 11.0 Å². The van der Waals surface area contributed by atoms with Crippen molar-refractivity contribution in [2.75, 3.05) is 32.8 Å². The van der Waals surface area contributed by atoms with Gasteiger partial charge in [0.25, 0.3) is 10.0 Å². The number of sulfonamides is 1. The second-order valence-electron chi connectivity index (χ2n) is 6.01. The molecule has 1 unspecified atom stereocenters. The highest BCUT2D eigenvalue weighted by atomic mass is 32.2. The standard InChI is InChI=1S/C15H22N2O4S2/c1-12-10-14(22-11-12)23(19,20)17-5-3-2-4-13(17)15(18)16-6-8-21-9-7-16/h10-11,13H,2-9H2,1H3. The fourth-order valence-electron chi connectivity index (χ4n) is 3.09. The number of nitrogens with zero attached hydrogens (tertiary/aromatic N) is 2. The van der Waals surface area contributed by atoms with E-state index in [1.165, 1.54) is 15.6 Å². The topological polar surface area (TPSA) is 66.9 Å². The van der Waals surface area contributed by atoms with E-state index in [0.29, 0.717) is 43.5 Å². The van der Waals surface area contributed by atoms with Gasteiger partial charge in [-0.1, -0.05) is 6.42 Å². The molecule has 3 heterocycles. The monoisotopic (exact) mass is 358 g/mol. The van der Waals surface area contributed by atoms with Crippen molar-refractivity contribution in [1.82, 2.24) is 9.21 Å². The average molecular weight is 358 g/mol. The Balaban J connectivity index is 1.85. The van der Waals surface area contributed by atoms with Gasteiger partial charge < -0.3 is 9.64 Å². The van der Waals surface area contributed by atoms with Crippen LogP contribution in [0.5, 0.6) is 0 Å². The first-order chi connectivity index (χ1) is 11.0. The molecule has 0 radical (unpaired) electrons. The molecule has 1 aromatic heterocycles. The first-order valence-corrected chi connectivity index (χ1v) is 10.3. The lowest BCUT2D eigenvalue weighted by molar-refractivity contribution is -0.140. The quantitative estimate of drug-likeness (QED) is 0.820. The fourth-order valence-corrected chi connectivity index (χ4v) is 6.10. The fraction of sp³-hybridized carbons (Fsp3) is 0.667. The molecule has 23 heavy (non-hydrogen) atoms. The van der Waals surface area contributed by atoms with Crippen LogP contribution < -0.4 is 0 Å². The average Bonchev–Trinajstić information content (AvgIpc) is 3.02. The minimum atomic E-state index is -3.60. The number of amides is 1. The molecule has 0 spiro atoms. The van der Waals surface area contributed by atoms with Crippen LogP contribution in [0.3, 0.4) is 0 Å². The Kier molecular flexibility index (Phi) is 5.05. The van der Waals surface area contributed by atoms with Crippen molar-refractivity contribution in [3.8, 4) is 0 Å². The van der Waals surface area contributed by atoms with Gasteiger partial charge in [-0.2, -0.15) is 4.31 Å². The molecule has 2 aliphatic heterocycles. The third-order valence-electron chi connectivity index (χ3n) is 4.33. The van der Waals surface area contributed by atoms with Crippen molar-refractivity contribution in [3.05, 3.63) is 17.0 Å². The second kappa shape index (κ2) is 6.88. The van der Waals surface area contributed by atoms with Crippen LogP contribution in [0.15, 0.2) is 15.7 Å². The van der Waals surface area contributed by atoms with Crippen molar-refractivity contribution < 1.29 is 17.9 Å². The molecule has 2 aliphatic rings. The Bertz CT molecular complexity index is 665. The van der Waals surface area contributed by atoms with Crippen LogP contribution in [0.25, 0.3) is 0 Å². The molecule has 0 bridgehead atoms. The summed E-state index contributed by atoms with van der Waals surface area (Å²) < 4.78 is 32.9. The lowest BCUT2D eigenvalue weighted by atomic mass is 10.0. The van der Waals surface area contributed by atoms with Crippen LogP contribution in [0.4, 0.5) is 0 Å². The number of hydrogen-bond acceptors (Lipinski definition) is 5. The molecule has 2 saturated heterocycles. The predicted octanol–water partition coefficient (Wildman–Crippen LogP) is 1.46. The van der Waals surface area contributed by atoms with Gasteiger partial charge in [0.05, 0.1) is 13.2 Å². The van der Waals surface area contributed by atoms with E-state index in [4.69, 9.17) is 4.74 Å². The third-order valence-corrected chi connectivity index (χ3v) is 7.77. The first-order valence-electron chi connectivity index (χ1n) is 7.93. The number of ether oxygens (including phenoxy) is 1. The van der Waals surface area contributed by atoms with E-state index >= 15 is 0 Å². The molecule has 1 aromatic rings. The SMILES string of the molecule is Cc1csc(S(=O)(=O)N2CCCCC2C(=O)N2CCOCC2)c1. The van der Waals surface area contributed by atoms with Gasteiger partial charge in [-0.05, 0) is 36.8 Å². The highest BCUT2D eigenvalue weighted by molar-refractivity contribution is 7.91. The Morgan fingerprint density at radius 2 is 2.00 bits per heavy atom. The van der Waals surface area contributed by atoms with Gasteiger partial charge in [-0.15, -0.1) is 11.3 Å². The van der Waals surface area contributed by atoms with E-state index in [1.807, 2.05) is 12.3 Å². The van der Waals surface area contributed by atoms with Gasteiger partial charge in [0.2, 0.25) is 5.91 Å². The maximum atomic E-state index is 12.9. The molecule has 6 nitrogen and oxygen atoms in total. The Morgan fingerprint density at radius 1 is 1.26 bits per heavy atom. The van der Waals surface area contributed by atoms with Crippen LogP contribution in [0, 0.1) is 6.92 Å². The minimum Gasteiger partial charge on any atom is -0.378 e. The summed E-state index contributed by atoms with van der Waals surface area (Å²) in [5.41, 5.74) is 0.932. The normalized spacial score (nSPS) is 23.9. The summed E-state index contributed by atoms with van der Waals surface area (Å²) in [6.07, 6.45) is 2.28. The Labute approximate surface area is 141 Å². The molecule has 3 rings (SSSR count). The third kappa shape index (κ3) is 3.45. The van der Waals surface area contributed by atoms with Crippen LogP contribution in [-0.4, -0.2) is 62.4 Å². The van der Waals surface area contributed by atoms with Crippen LogP contribution >= 0.6 is 11.3 Å². The van der Waals surface area contributed by atoms with Crippen LogP contribution in [0.1, 0.15) is 24.8 Å².